The number of hydrogen-bond acceptors (Lipinski definition) is 4. The van der Waals surface area contributed by atoms with Crippen LogP contribution in [-0.2, 0) is 0 Å². The third-order valence-corrected chi connectivity index (χ3v) is 5.31. The van der Waals surface area contributed by atoms with Gasteiger partial charge in [-0.15, -0.1) is 11.3 Å². The van der Waals surface area contributed by atoms with E-state index in [0.717, 1.165) is 21.8 Å². The van der Waals surface area contributed by atoms with Crippen LogP contribution in [0.2, 0.25) is 0 Å². The quantitative estimate of drug-likeness (QED) is 0.487. The van der Waals surface area contributed by atoms with Crippen molar-refractivity contribution in [2.45, 2.75) is 6.92 Å². The van der Waals surface area contributed by atoms with Crippen molar-refractivity contribution in [3.8, 4) is 22.5 Å². The lowest BCUT2D eigenvalue weighted by atomic mass is 10.1. The fourth-order valence-corrected chi connectivity index (χ4v) is 3.67. The smallest absolute Gasteiger partial charge is 0.267 e. The van der Waals surface area contributed by atoms with Crippen LogP contribution >= 0.6 is 11.3 Å². The number of aromatic nitrogens is 2. The zero-order chi connectivity index (χ0) is 20.1. The van der Waals surface area contributed by atoms with Crippen LogP contribution in [0.1, 0.15) is 26.5 Å². The number of benzene rings is 2. The first-order valence-electron chi connectivity index (χ1n) is 9.06. The number of carbonyl (C=O) groups is 1. The third-order valence-electron chi connectivity index (χ3n) is 4.13. The Kier molecular flexibility index (Phi) is 5.46. The van der Waals surface area contributed by atoms with Gasteiger partial charge in [0.1, 0.15) is 9.88 Å². The number of nitrogens with one attached hydrogen (secondary N) is 1. The Hall–Kier alpha value is -3.75. The van der Waals surface area contributed by atoms with Crippen LogP contribution in [0.25, 0.3) is 10.7 Å². The lowest BCUT2D eigenvalue weighted by Gasteiger charge is -2.04. The number of carbonyl (C=O) groups excluding carboxylic acids is 1. The van der Waals surface area contributed by atoms with Crippen molar-refractivity contribution in [2.24, 2.45) is 0 Å². The second-order valence-corrected chi connectivity index (χ2v) is 7.30. The Labute approximate surface area is 173 Å². The Bertz CT molecular complexity index is 1210. The summed E-state index contributed by atoms with van der Waals surface area (Å²) in [6, 6.07) is 22.9. The molecule has 0 aliphatic carbocycles. The van der Waals surface area contributed by atoms with Gasteiger partial charge < -0.3 is 5.32 Å². The zero-order valence-corrected chi connectivity index (χ0v) is 16.5. The van der Waals surface area contributed by atoms with Gasteiger partial charge in [0.25, 0.3) is 5.91 Å². The maximum Gasteiger partial charge on any atom is 0.267 e. The van der Waals surface area contributed by atoms with Gasteiger partial charge in [-0.2, -0.15) is 0 Å². The van der Waals surface area contributed by atoms with Gasteiger partial charge in [0, 0.05) is 23.0 Å². The average Bonchev–Trinajstić information content (AvgIpc) is 3.16. The maximum absolute atomic E-state index is 12.8. The largest absolute Gasteiger partial charge is 0.321 e. The van der Waals surface area contributed by atoms with E-state index in [1.165, 1.54) is 11.3 Å². The minimum absolute atomic E-state index is 0.185. The number of pyridine rings is 1. The van der Waals surface area contributed by atoms with Crippen LogP contribution < -0.4 is 5.32 Å². The number of nitrogens with zero attached hydrogens (tertiary/aromatic N) is 2. The van der Waals surface area contributed by atoms with Crippen LogP contribution in [0.3, 0.4) is 0 Å². The van der Waals surface area contributed by atoms with Crippen molar-refractivity contribution in [1.29, 1.82) is 0 Å². The summed E-state index contributed by atoms with van der Waals surface area (Å²) >= 11 is 1.34. The number of hydrogen-bond donors (Lipinski definition) is 1. The Morgan fingerprint density at radius 3 is 2.48 bits per heavy atom. The van der Waals surface area contributed by atoms with E-state index in [1.54, 1.807) is 6.20 Å². The first-order valence-corrected chi connectivity index (χ1v) is 9.88. The van der Waals surface area contributed by atoms with Crippen LogP contribution in [0.5, 0.6) is 0 Å². The summed E-state index contributed by atoms with van der Waals surface area (Å²) < 4.78 is 0. The second-order valence-electron chi connectivity index (χ2n) is 6.30. The predicted octanol–water partition coefficient (Wildman–Crippen LogP) is 5.17. The third kappa shape index (κ3) is 4.57. The van der Waals surface area contributed by atoms with Crippen LogP contribution in [0.15, 0.2) is 79.0 Å². The highest BCUT2D eigenvalue weighted by Gasteiger charge is 2.17. The van der Waals surface area contributed by atoms with Gasteiger partial charge in [0.2, 0.25) is 0 Å². The summed E-state index contributed by atoms with van der Waals surface area (Å²) in [5.74, 6) is 6.07. The molecule has 0 saturated carbocycles. The highest BCUT2D eigenvalue weighted by molar-refractivity contribution is 7.17. The van der Waals surface area contributed by atoms with Crippen LogP contribution in [-0.4, -0.2) is 15.9 Å². The molecule has 4 nitrogen and oxygen atoms in total. The maximum atomic E-state index is 12.8. The van der Waals surface area contributed by atoms with E-state index >= 15 is 0 Å². The Balaban J connectivity index is 1.52. The molecule has 0 spiro atoms. The summed E-state index contributed by atoms with van der Waals surface area (Å²) in [5, 5.41) is 3.68. The van der Waals surface area contributed by atoms with Gasteiger partial charge in [0.15, 0.2) is 0 Å². The van der Waals surface area contributed by atoms with Gasteiger partial charge in [-0.25, -0.2) is 4.98 Å². The summed E-state index contributed by atoms with van der Waals surface area (Å²) in [6.45, 7) is 1.83. The van der Waals surface area contributed by atoms with E-state index in [0.29, 0.717) is 16.3 Å². The van der Waals surface area contributed by atoms with E-state index in [-0.39, 0.29) is 5.91 Å². The molecule has 0 radical (unpaired) electrons. The SMILES string of the molecule is Cc1nc(-c2ccccn2)sc1C(=O)Nc1cccc(C#Cc2ccccc2)c1. The molecule has 0 atom stereocenters. The molecule has 2 heterocycles. The van der Waals surface area contributed by atoms with Crippen molar-refractivity contribution in [3.05, 3.63) is 101 Å². The van der Waals surface area contributed by atoms with Gasteiger partial charge in [-0.3, -0.25) is 9.78 Å². The van der Waals surface area contributed by atoms with Gasteiger partial charge in [0.05, 0.1) is 11.4 Å². The van der Waals surface area contributed by atoms with E-state index in [4.69, 9.17) is 0 Å². The Morgan fingerprint density at radius 2 is 1.69 bits per heavy atom. The molecule has 5 heteroatoms. The molecule has 4 aromatic rings. The molecule has 140 valence electrons. The highest BCUT2D eigenvalue weighted by atomic mass is 32.1. The normalized spacial score (nSPS) is 10.1. The molecular formula is C24H17N3OS. The van der Waals surface area contributed by atoms with Crippen molar-refractivity contribution in [2.75, 3.05) is 5.32 Å². The van der Waals surface area contributed by atoms with Crippen molar-refractivity contribution in [1.82, 2.24) is 9.97 Å². The standard InChI is InChI=1S/C24H17N3OS/c1-17-22(29-24(26-17)21-12-5-6-15-25-21)23(28)27-20-11-7-10-19(16-20)14-13-18-8-3-2-4-9-18/h2-12,15-16H,1H3,(H,27,28). The molecule has 1 amide bonds. The van der Waals surface area contributed by atoms with E-state index in [2.05, 4.69) is 27.1 Å². The molecule has 0 unspecified atom stereocenters. The molecule has 2 aromatic heterocycles. The average molecular weight is 395 g/mol. The highest BCUT2D eigenvalue weighted by Crippen LogP contribution is 2.27. The van der Waals surface area contributed by atoms with Crippen molar-refractivity contribution < 1.29 is 4.79 Å². The number of rotatable bonds is 3. The first-order chi connectivity index (χ1) is 14.2. The van der Waals surface area contributed by atoms with Gasteiger partial charge >= 0.3 is 0 Å². The molecule has 0 aliphatic heterocycles. The number of anilines is 1. The summed E-state index contributed by atoms with van der Waals surface area (Å²) in [7, 11) is 0. The number of amides is 1. The monoisotopic (exact) mass is 395 g/mol. The van der Waals surface area contributed by atoms with E-state index in [1.807, 2.05) is 79.7 Å². The molecule has 0 saturated heterocycles. The lowest BCUT2D eigenvalue weighted by Crippen LogP contribution is -2.11. The molecule has 4 rings (SSSR count). The summed E-state index contributed by atoms with van der Waals surface area (Å²) in [4.78, 5) is 22.2. The zero-order valence-electron chi connectivity index (χ0n) is 15.7. The molecule has 2 aromatic carbocycles. The molecule has 0 aliphatic rings. The minimum Gasteiger partial charge on any atom is -0.321 e. The van der Waals surface area contributed by atoms with Gasteiger partial charge in [-0.1, -0.05) is 42.2 Å². The van der Waals surface area contributed by atoms with E-state index < -0.39 is 0 Å². The lowest BCUT2D eigenvalue weighted by molar-refractivity contribution is 0.103. The number of thiazole rings is 1. The fourth-order valence-electron chi connectivity index (χ4n) is 2.73. The minimum atomic E-state index is -0.185. The van der Waals surface area contributed by atoms with Gasteiger partial charge in [-0.05, 0) is 49.4 Å². The molecule has 29 heavy (non-hydrogen) atoms. The van der Waals surface area contributed by atoms with Crippen LogP contribution in [0.4, 0.5) is 5.69 Å². The molecule has 0 fully saturated rings. The predicted molar refractivity (Wildman–Crippen MR) is 117 cm³/mol. The number of aryl methyl sites for hydroxylation is 1. The van der Waals surface area contributed by atoms with Crippen molar-refractivity contribution >= 4 is 22.9 Å². The topological polar surface area (TPSA) is 54.9 Å². The van der Waals surface area contributed by atoms with E-state index in [9.17, 15) is 4.79 Å². The fraction of sp³-hybridized carbons (Fsp3) is 0.0417. The second kappa shape index (κ2) is 8.51. The molecule has 1 N–H and O–H groups in total. The summed E-state index contributed by atoms with van der Waals surface area (Å²) in [6.07, 6.45) is 1.72. The van der Waals surface area contributed by atoms with Crippen LogP contribution in [0, 0.1) is 18.8 Å². The Morgan fingerprint density at radius 1 is 0.931 bits per heavy atom. The summed E-state index contributed by atoms with van der Waals surface area (Å²) in [5.41, 5.74) is 3.93. The molecular weight excluding hydrogens is 378 g/mol. The molecule has 0 bridgehead atoms. The van der Waals surface area contributed by atoms with Crippen molar-refractivity contribution in [3.63, 3.8) is 0 Å². The first kappa shape index (κ1) is 18.6.